The number of carboxylic acids is 1. The monoisotopic (exact) mass is 355 g/mol. The van der Waals surface area contributed by atoms with Crippen LogP contribution in [0.4, 0.5) is 5.69 Å². The molecule has 0 saturated heterocycles. The highest BCUT2D eigenvalue weighted by molar-refractivity contribution is 7.58. The van der Waals surface area contributed by atoms with Crippen LogP contribution >= 0.6 is 7.52 Å². The number of hydrogen-bond donors (Lipinski definition) is 3. The van der Waals surface area contributed by atoms with E-state index < -0.39 is 13.5 Å². The van der Waals surface area contributed by atoms with E-state index >= 15 is 0 Å². The molecule has 0 spiro atoms. The number of nitrogens with one attached hydrogen (secondary N) is 1. The first-order chi connectivity index (χ1) is 11.9. The predicted molar refractivity (Wildman–Crippen MR) is 98.9 cm³/mol. The Kier molecular flexibility index (Phi) is 4.88. The van der Waals surface area contributed by atoms with Crippen LogP contribution in [0.25, 0.3) is 10.8 Å². The Bertz CT molecular complexity index is 956. The van der Waals surface area contributed by atoms with Crippen LogP contribution in [0.15, 0.2) is 66.7 Å². The van der Waals surface area contributed by atoms with Gasteiger partial charge in [0.25, 0.3) is 7.52 Å². The van der Waals surface area contributed by atoms with Crippen molar-refractivity contribution < 1.29 is 19.4 Å². The van der Waals surface area contributed by atoms with E-state index in [1.807, 2.05) is 36.4 Å². The molecule has 25 heavy (non-hydrogen) atoms. The summed E-state index contributed by atoms with van der Waals surface area (Å²) in [6.07, 6.45) is -0.262. The van der Waals surface area contributed by atoms with Crippen molar-refractivity contribution in [3.05, 3.63) is 77.9 Å². The van der Waals surface area contributed by atoms with Crippen LogP contribution in [0.5, 0.6) is 0 Å². The fraction of sp³-hybridized carbons (Fsp3) is 0.105. The molecule has 1 unspecified atom stereocenters. The normalized spacial score (nSPS) is 13.3. The molecule has 0 aliphatic carbocycles. The Hall–Kier alpha value is -2.62. The SMILES string of the molecule is O=C(O)Cc1c(NP(=O)(O)Cc2ccccc2)ccc2ccccc12. The average molecular weight is 355 g/mol. The van der Waals surface area contributed by atoms with Crippen LogP contribution in [0.3, 0.4) is 0 Å². The minimum atomic E-state index is -3.73. The molecule has 3 N–H and O–H groups in total. The van der Waals surface area contributed by atoms with Gasteiger partial charge in [-0.15, -0.1) is 0 Å². The van der Waals surface area contributed by atoms with Gasteiger partial charge in [0, 0.05) is 5.69 Å². The second-order valence-corrected chi connectivity index (χ2v) is 7.78. The van der Waals surface area contributed by atoms with Crippen molar-refractivity contribution in [2.45, 2.75) is 12.6 Å². The van der Waals surface area contributed by atoms with Crippen molar-refractivity contribution in [2.75, 3.05) is 5.09 Å². The Balaban J connectivity index is 1.97. The van der Waals surface area contributed by atoms with E-state index in [4.69, 9.17) is 0 Å². The van der Waals surface area contributed by atoms with Gasteiger partial charge in [-0.1, -0.05) is 60.7 Å². The van der Waals surface area contributed by atoms with Crippen LogP contribution in [0.2, 0.25) is 0 Å². The van der Waals surface area contributed by atoms with Crippen molar-refractivity contribution in [1.82, 2.24) is 0 Å². The standard InChI is InChI=1S/C19H18NO4P/c21-19(22)12-17-16-9-5-4-8-15(16)10-11-18(17)20-25(23,24)13-14-6-2-1-3-7-14/h1-11H,12-13H2,(H,21,22)(H2,20,23,24). The number of fused-ring (bicyclic) bond motifs is 1. The summed E-state index contributed by atoms with van der Waals surface area (Å²) in [6, 6.07) is 19.9. The zero-order valence-electron chi connectivity index (χ0n) is 13.4. The Morgan fingerprint density at radius 1 is 0.960 bits per heavy atom. The maximum absolute atomic E-state index is 12.6. The minimum Gasteiger partial charge on any atom is -0.481 e. The largest absolute Gasteiger partial charge is 0.481 e. The molecule has 0 aliphatic heterocycles. The van der Waals surface area contributed by atoms with Gasteiger partial charge >= 0.3 is 5.97 Å². The van der Waals surface area contributed by atoms with Gasteiger partial charge in [-0.25, -0.2) is 0 Å². The maximum atomic E-state index is 12.6. The fourth-order valence-corrected chi connectivity index (χ4v) is 4.21. The first-order valence-corrected chi connectivity index (χ1v) is 9.65. The smallest absolute Gasteiger partial charge is 0.307 e. The number of anilines is 1. The van der Waals surface area contributed by atoms with Gasteiger partial charge in [0.2, 0.25) is 0 Å². The van der Waals surface area contributed by atoms with E-state index in [0.29, 0.717) is 11.3 Å². The summed E-state index contributed by atoms with van der Waals surface area (Å²) in [5.74, 6) is -0.991. The second kappa shape index (κ2) is 7.09. The van der Waals surface area contributed by atoms with E-state index in [0.717, 1.165) is 16.3 Å². The van der Waals surface area contributed by atoms with E-state index in [2.05, 4.69) is 5.09 Å². The van der Waals surface area contributed by atoms with Gasteiger partial charge in [0.1, 0.15) is 0 Å². The van der Waals surface area contributed by atoms with Crippen molar-refractivity contribution in [1.29, 1.82) is 0 Å². The summed E-state index contributed by atoms with van der Waals surface area (Å²) < 4.78 is 12.6. The molecule has 3 aromatic rings. The molecule has 0 saturated carbocycles. The van der Waals surface area contributed by atoms with Crippen molar-refractivity contribution in [3.63, 3.8) is 0 Å². The van der Waals surface area contributed by atoms with Crippen LogP contribution in [-0.4, -0.2) is 16.0 Å². The molecule has 0 radical (unpaired) electrons. The lowest BCUT2D eigenvalue weighted by Gasteiger charge is -2.18. The first kappa shape index (κ1) is 17.2. The second-order valence-electron chi connectivity index (χ2n) is 5.84. The van der Waals surface area contributed by atoms with Crippen LogP contribution in [0.1, 0.15) is 11.1 Å². The Morgan fingerprint density at radius 3 is 2.36 bits per heavy atom. The molecule has 0 aromatic heterocycles. The number of rotatable bonds is 6. The summed E-state index contributed by atoms with van der Waals surface area (Å²) in [5.41, 5.74) is 1.62. The van der Waals surface area contributed by atoms with E-state index in [1.54, 1.807) is 30.3 Å². The fourth-order valence-electron chi connectivity index (χ4n) is 2.84. The first-order valence-electron chi connectivity index (χ1n) is 7.81. The number of aliphatic carboxylic acids is 1. The number of benzene rings is 3. The van der Waals surface area contributed by atoms with Crippen LogP contribution in [-0.2, 0) is 21.9 Å². The van der Waals surface area contributed by atoms with Gasteiger partial charge in [-0.3, -0.25) is 9.36 Å². The lowest BCUT2D eigenvalue weighted by Crippen LogP contribution is -2.07. The summed E-state index contributed by atoms with van der Waals surface area (Å²) >= 11 is 0. The number of carbonyl (C=O) groups is 1. The molecule has 0 bridgehead atoms. The molecule has 1 atom stereocenters. The molecule has 6 heteroatoms. The van der Waals surface area contributed by atoms with Crippen molar-refractivity contribution in [2.24, 2.45) is 0 Å². The zero-order chi connectivity index (χ0) is 17.9. The maximum Gasteiger partial charge on any atom is 0.307 e. The predicted octanol–water partition coefficient (Wildman–Crippen LogP) is 4.26. The molecule has 0 aliphatic rings. The molecule has 3 rings (SSSR count). The van der Waals surface area contributed by atoms with Crippen LogP contribution in [0, 0.1) is 0 Å². The van der Waals surface area contributed by atoms with E-state index in [1.165, 1.54) is 0 Å². The van der Waals surface area contributed by atoms with Crippen molar-refractivity contribution in [3.8, 4) is 0 Å². The van der Waals surface area contributed by atoms with E-state index in [-0.39, 0.29) is 12.6 Å². The lowest BCUT2D eigenvalue weighted by atomic mass is 10.0. The summed E-state index contributed by atoms with van der Waals surface area (Å²) in [7, 11) is -3.73. The molecule has 5 nitrogen and oxygen atoms in total. The molecule has 0 fully saturated rings. The van der Waals surface area contributed by atoms with Gasteiger partial charge in [0.05, 0.1) is 12.6 Å². The molecule has 0 amide bonds. The van der Waals surface area contributed by atoms with Crippen LogP contribution < -0.4 is 5.09 Å². The average Bonchev–Trinajstić information content (AvgIpc) is 2.57. The summed E-state index contributed by atoms with van der Waals surface area (Å²) in [4.78, 5) is 21.6. The molecule has 0 heterocycles. The molecule has 128 valence electrons. The summed E-state index contributed by atoms with van der Waals surface area (Å²) in [5, 5.41) is 13.6. The van der Waals surface area contributed by atoms with Gasteiger partial charge in [-0.05, 0) is 28.0 Å². The number of hydrogen-bond acceptors (Lipinski definition) is 2. The molecular formula is C19H18NO4P. The third-order valence-electron chi connectivity index (χ3n) is 3.90. The zero-order valence-corrected chi connectivity index (χ0v) is 14.3. The Morgan fingerprint density at radius 2 is 1.64 bits per heavy atom. The highest BCUT2D eigenvalue weighted by atomic mass is 31.2. The Labute approximate surface area is 145 Å². The van der Waals surface area contributed by atoms with E-state index in [9.17, 15) is 19.4 Å². The quantitative estimate of drug-likeness (QED) is 0.575. The van der Waals surface area contributed by atoms with Crippen molar-refractivity contribution >= 4 is 29.9 Å². The number of carboxylic acid groups (broad SMARTS) is 1. The molecular weight excluding hydrogens is 337 g/mol. The van der Waals surface area contributed by atoms with Gasteiger partial charge < -0.3 is 15.1 Å². The van der Waals surface area contributed by atoms with Gasteiger partial charge in [-0.2, -0.15) is 0 Å². The molecule has 3 aromatic carbocycles. The third-order valence-corrected chi connectivity index (χ3v) is 5.29. The topological polar surface area (TPSA) is 86.6 Å². The lowest BCUT2D eigenvalue weighted by molar-refractivity contribution is -0.136. The summed E-state index contributed by atoms with van der Waals surface area (Å²) in [6.45, 7) is 0. The minimum absolute atomic E-state index is 0.0345. The highest BCUT2D eigenvalue weighted by Crippen LogP contribution is 2.46. The third kappa shape index (κ3) is 4.27. The highest BCUT2D eigenvalue weighted by Gasteiger charge is 2.21. The van der Waals surface area contributed by atoms with Gasteiger partial charge in [0.15, 0.2) is 0 Å².